The first kappa shape index (κ1) is 21.2. The van der Waals surface area contributed by atoms with Crippen molar-refractivity contribution in [2.24, 2.45) is 0 Å². The van der Waals surface area contributed by atoms with E-state index in [4.69, 9.17) is 0 Å². The van der Waals surface area contributed by atoms with Crippen molar-refractivity contribution in [3.63, 3.8) is 0 Å². The molecule has 33 heavy (non-hydrogen) atoms. The highest BCUT2D eigenvalue weighted by atomic mass is 19.4. The number of anilines is 1. The summed E-state index contributed by atoms with van der Waals surface area (Å²) in [6.45, 7) is 0.646. The summed E-state index contributed by atoms with van der Waals surface area (Å²) >= 11 is 0. The maximum atomic E-state index is 13.0. The van der Waals surface area contributed by atoms with E-state index in [1.807, 2.05) is 24.3 Å². The number of hydrogen-bond donors (Lipinski definition) is 1. The van der Waals surface area contributed by atoms with Crippen LogP contribution < -0.4 is 5.32 Å². The molecule has 0 atom stereocenters. The van der Waals surface area contributed by atoms with Crippen molar-refractivity contribution in [3.8, 4) is 0 Å². The quantitative estimate of drug-likeness (QED) is 0.418. The number of alkyl halides is 3. The van der Waals surface area contributed by atoms with Crippen molar-refractivity contribution >= 4 is 22.4 Å². The van der Waals surface area contributed by atoms with Gasteiger partial charge in [0.25, 0.3) is 0 Å². The molecule has 1 amide bonds. The van der Waals surface area contributed by atoms with E-state index in [9.17, 15) is 18.0 Å². The molecule has 170 valence electrons. The first-order valence-electron chi connectivity index (χ1n) is 10.8. The highest BCUT2D eigenvalue weighted by molar-refractivity contribution is 5.90. The number of benzene rings is 2. The molecular formula is C24H22F3N5O. The van der Waals surface area contributed by atoms with Gasteiger partial charge in [0.2, 0.25) is 5.91 Å². The standard InChI is InChI=1S/C24H22F3N5O/c25-24(26,27)22-12-21(17-8-9-17)32(30-22)11-10-23(33)29-19-13-28-31(15-19)14-18-6-3-5-16-4-1-2-7-20(16)18/h1-7,12-13,15,17H,8-11,14H2,(H,29,33). The van der Waals surface area contributed by atoms with Gasteiger partial charge in [-0.05, 0) is 35.2 Å². The van der Waals surface area contributed by atoms with Gasteiger partial charge in [0, 0.05) is 30.8 Å². The van der Waals surface area contributed by atoms with Crippen LogP contribution >= 0.6 is 0 Å². The summed E-state index contributed by atoms with van der Waals surface area (Å²) in [6, 6.07) is 15.3. The predicted octanol–water partition coefficient (Wildman–Crippen LogP) is 5.21. The molecule has 0 aliphatic heterocycles. The van der Waals surface area contributed by atoms with Gasteiger partial charge in [-0.3, -0.25) is 14.2 Å². The number of carbonyl (C=O) groups excluding carboxylic acids is 1. The van der Waals surface area contributed by atoms with E-state index in [1.54, 1.807) is 17.1 Å². The van der Waals surface area contributed by atoms with Gasteiger partial charge in [0.05, 0.1) is 18.4 Å². The van der Waals surface area contributed by atoms with Crippen LogP contribution in [0.3, 0.4) is 0 Å². The predicted molar refractivity (Wildman–Crippen MR) is 118 cm³/mol. The summed E-state index contributed by atoms with van der Waals surface area (Å²) in [4.78, 5) is 12.4. The Morgan fingerprint density at radius 2 is 1.91 bits per heavy atom. The van der Waals surface area contributed by atoms with Crippen LogP contribution in [0.5, 0.6) is 0 Å². The molecular weight excluding hydrogens is 431 g/mol. The van der Waals surface area contributed by atoms with Crippen LogP contribution in [0.2, 0.25) is 0 Å². The molecule has 9 heteroatoms. The lowest BCUT2D eigenvalue weighted by Gasteiger charge is -2.07. The average Bonchev–Trinajstić information content (AvgIpc) is 3.38. The van der Waals surface area contributed by atoms with Crippen molar-refractivity contribution in [2.45, 2.75) is 44.4 Å². The summed E-state index contributed by atoms with van der Waals surface area (Å²) in [5.74, 6) is -0.200. The van der Waals surface area contributed by atoms with Gasteiger partial charge in [-0.2, -0.15) is 23.4 Å². The molecule has 0 saturated heterocycles. The first-order valence-corrected chi connectivity index (χ1v) is 10.8. The summed E-state index contributed by atoms with van der Waals surface area (Å²) in [7, 11) is 0. The number of carbonyl (C=O) groups is 1. The Bertz CT molecular complexity index is 1300. The molecule has 0 spiro atoms. The van der Waals surface area contributed by atoms with Crippen molar-refractivity contribution in [1.29, 1.82) is 0 Å². The number of rotatable bonds is 7. The average molecular weight is 453 g/mol. The molecule has 1 saturated carbocycles. The Morgan fingerprint density at radius 1 is 1.12 bits per heavy atom. The van der Waals surface area contributed by atoms with Crippen LogP contribution in [0.4, 0.5) is 18.9 Å². The van der Waals surface area contributed by atoms with Crippen molar-refractivity contribution in [3.05, 3.63) is 77.9 Å². The first-order chi connectivity index (χ1) is 15.9. The summed E-state index contributed by atoms with van der Waals surface area (Å²) < 4.78 is 42.2. The lowest BCUT2D eigenvalue weighted by atomic mass is 10.0. The Balaban J connectivity index is 1.22. The largest absolute Gasteiger partial charge is 0.435 e. The third-order valence-corrected chi connectivity index (χ3v) is 5.78. The van der Waals surface area contributed by atoms with Crippen LogP contribution in [-0.4, -0.2) is 25.5 Å². The monoisotopic (exact) mass is 453 g/mol. The fraction of sp³-hybridized carbons (Fsp3) is 0.292. The SMILES string of the molecule is O=C(CCn1nc(C(F)(F)F)cc1C1CC1)Nc1cnn(Cc2cccc3ccccc23)c1. The molecule has 4 aromatic rings. The number of halogens is 3. The van der Waals surface area contributed by atoms with Gasteiger partial charge >= 0.3 is 6.18 Å². The molecule has 1 aliphatic carbocycles. The lowest BCUT2D eigenvalue weighted by molar-refractivity contribution is -0.141. The van der Waals surface area contributed by atoms with Gasteiger partial charge in [0.15, 0.2) is 5.69 Å². The van der Waals surface area contributed by atoms with E-state index < -0.39 is 11.9 Å². The molecule has 1 N–H and O–H groups in total. The highest BCUT2D eigenvalue weighted by Crippen LogP contribution is 2.42. The van der Waals surface area contributed by atoms with Crippen molar-refractivity contribution in [1.82, 2.24) is 19.6 Å². The van der Waals surface area contributed by atoms with Gasteiger partial charge in [-0.1, -0.05) is 42.5 Å². The second kappa shape index (κ2) is 8.38. The fourth-order valence-corrected chi connectivity index (χ4v) is 4.01. The van der Waals surface area contributed by atoms with E-state index in [1.165, 1.54) is 4.68 Å². The van der Waals surface area contributed by atoms with E-state index in [0.29, 0.717) is 17.9 Å². The summed E-state index contributed by atoms with van der Waals surface area (Å²) in [5.41, 5.74) is 1.30. The van der Waals surface area contributed by atoms with Gasteiger partial charge in [0.1, 0.15) is 0 Å². The van der Waals surface area contributed by atoms with Crippen molar-refractivity contribution in [2.75, 3.05) is 5.32 Å². The second-order valence-corrected chi connectivity index (χ2v) is 8.31. The van der Waals surface area contributed by atoms with Crippen molar-refractivity contribution < 1.29 is 18.0 Å². The number of nitrogens with zero attached hydrogens (tertiary/aromatic N) is 4. The fourth-order valence-electron chi connectivity index (χ4n) is 4.01. The van der Waals surface area contributed by atoms with Gasteiger partial charge in [-0.15, -0.1) is 0 Å². The normalized spacial score (nSPS) is 14.0. The maximum absolute atomic E-state index is 13.0. The number of aryl methyl sites for hydroxylation is 1. The molecule has 0 unspecified atom stereocenters. The molecule has 2 aromatic heterocycles. The van der Waals surface area contributed by atoms with E-state index >= 15 is 0 Å². The third kappa shape index (κ3) is 4.76. The summed E-state index contributed by atoms with van der Waals surface area (Å²) in [5, 5.41) is 13.1. The number of hydrogen-bond acceptors (Lipinski definition) is 3. The number of aromatic nitrogens is 4. The zero-order valence-corrected chi connectivity index (χ0v) is 17.7. The smallest absolute Gasteiger partial charge is 0.323 e. The van der Waals surface area contributed by atoms with E-state index in [0.717, 1.165) is 35.2 Å². The molecule has 1 aliphatic rings. The van der Waals surface area contributed by atoms with E-state index in [-0.39, 0.29) is 24.8 Å². The number of fused-ring (bicyclic) bond motifs is 1. The molecule has 2 aromatic carbocycles. The van der Waals surface area contributed by atoms with Gasteiger partial charge in [-0.25, -0.2) is 0 Å². The molecule has 2 heterocycles. The Kier molecular flexibility index (Phi) is 5.39. The minimum Gasteiger partial charge on any atom is -0.323 e. The number of nitrogens with one attached hydrogen (secondary N) is 1. The maximum Gasteiger partial charge on any atom is 0.435 e. The second-order valence-electron chi connectivity index (χ2n) is 8.31. The lowest BCUT2D eigenvalue weighted by Crippen LogP contribution is -2.16. The molecule has 5 rings (SSSR count). The molecule has 6 nitrogen and oxygen atoms in total. The molecule has 0 radical (unpaired) electrons. The summed E-state index contributed by atoms with van der Waals surface area (Å²) in [6.07, 6.45) is 0.540. The highest BCUT2D eigenvalue weighted by Gasteiger charge is 2.37. The minimum absolute atomic E-state index is 0.0210. The third-order valence-electron chi connectivity index (χ3n) is 5.78. The zero-order chi connectivity index (χ0) is 23.0. The topological polar surface area (TPSA) is 64.7 Å². The van der Waals surface area contributed by atoms with E-state index in [2.05, 4.69) is 33.7 Å². The molecule has 1 fully saturated rings. The molecule has 0 bridgehead atoms. The Hall–Kier alpha value is -3.62. The van der Waals surface area contributed by atoms with Crippen LogP contribution in [-0.2, 0) is 24.1 Å². The Labute approximate surface area is 188 Å². The van der Waals surface area contributed by atoms with Gasteiger partial charge < -0.3 is 5.32 Å². The van der Waals surface area contributed by atoms with Crippen LogP contribution in [0.15, 0.2) is 60.9 Å². The zero-order valence-electron chi connectivity index (χ0n) is 17.7. The Morgan fingerprint density at radius 3 is 2.70 bits per heavy atom. The van der Waals surface area contributed by atoms with Crippen LogP contribution in [0.25, 0.3) is 10.8 Å². The number of amides is 1. The minimum atomic E-state index is -4.49. The van der Waals surface area contributed by atoms with Crippen LogP contribution in [0, 0.1) is 0 Å². The van der Waals surface area contributed by atoms with Crippen LogP contribution in [0.1, 0.15) is 42.1 Å².